The first-order valence-electron chi connectivity index (χ1n) is 7.95. The van der Waals surface area contributed by atoms with Crippen molar-refractivity contribution in [1.82, 2.24) is 5.32 Å². The molecule has 0 spiro atoms. The van der Waals surface area contributed by atoms with Crippen molar-refractivity contribution in [3.05, 3.63) is 35.4 Å². The highest BCUT2D eigenvalue weighted by Crippen LogP contribution is 2.23. The Morgan fingerprint density at radius 2 is 2.04 bits per heavy atom. The first-order valence-corrected chi connectivity index (χ1v) is 7.95. The lowest BCUT2D eigenvalue weighted by Gasteiger charge is -2.25. The summed E-state index contributed by atoms with van der Waals surface area (Å²) in [5.41, 5.74) is -1.69. The Kier molecular flexibility index (Phi) is 6.07. The van der Waals surface area contributed by atoms with Gasteiger partial charge in [-0.2, -0.15) is 0 Å². The molecule has 6 heteroatoms. The average Bonchev–Trinajstić information content (AvgIpc) is 2.51. The van der Waals surface area contributed by atoms with Crippen LogP contribution in [0.4, 0.5) is 8.78 Å². The van der Waals surface area contributed by atoms with E-state index in [4.69, 9.17) is 4.74 Å². The topological polar surface area (TPSA) is 58.6 Å². The molecule has 0 heterocycles. The van der Waals surface area contributed by atoms with Crippen LogP contribution in [0.1, 0.15) is 44.6 Å². The molecule has 2 N–H and O–H groups in total. The summed E-state index contributed by atoms with van der Waals surface area (Å²) < 4.78 is 32.2. The lowest BCUT2D eigenvalue weighted by atomic mass is 9.95. The van der Waals surface area contributed by atoms with Crippen LogP contribution in [-0.2, 0) is 15.1 Å². The van der Waals surface area contributed by atoms with Crippen molar-refractivity contribution in [3.63, 3.8) is 0 Å². The first-order chi connectivity index (χ1) is 10.9. The summed E-state index contributed by atoms with van der Waals surface area (Å²) in [6, 6.07) is 2.95. The fraction of sp³-hybridized carbons (Fsp3) is 0.588. The Labute approximate surface area is 134 Å². The van der Waals surface area contributed by atoms with Gasteiger partial charge in [0.25, 0.3) is 0 Å². The zero-order valence-electron chi connectivity index (χ0n) is 13.3. The molecule has 1 saturated carbocycles. The number of nitrogens with one attached hydrogen (secondary N) is 1. The lowest BCUT2D eigenvalue weighted by Crippen LogP contribution is -2.41. The number of aliphatic hydroxyl groups is 1. The van der Waals surface area contributed by atoms with Gasteiger partial charge in [0, 0.05) is 11.6 Å². The number of hydrogen-bond donors (Lipinski definition) is 2. The van der Waals surface area contributed by atoms with Crippen LogP contribution in [-0.4, -0.2) is 30.3 Å². The van der Waals surface area contributed by atoms with Gasteiger partial charge in [0.1, 0.15) is 23.8 Å². The van der Waals surface area contributed by atoms with E-state index >= 15 is 0 Å². The molecular weight excluding hydrogens is 304 g/mol. The van der Waals surface area contributed by atoms with Crippen LogP contribution in [0.5, 0.6) is 0 Å². The van der Waals surface area contributed by atoms with E-state index in [0.717, 1.165) is 31.7 Å². The molecule has 0 radical (unpaired) electrons. The first kappa shape index (κ1) is 17.8. The van der Waals surface area contributed by atoms with Crippen LogP contribution in [0, 0.1) is 11.6 Å². The molecule has 0 aliphatic heterocycles. The van der Waals surface area contributed by atoms with Crippen LogP contribution < -0.4 is 5.32 Å². The van der Waals surface area contributed by atoms with E-state index in [9.17, 15) is 18.7 Å². The zero-order valence-corrected chi connectivity index (χ0v) is 13.3. The summed E-state index contributed by atoms with van der Waals surface area (Å²) in [6.07, 6.45) is 5.48. The molecule has 1 aromatic carbocycles. The second-order valence-corrected chi connectivity index (χ2v) is 6.25. The summed E-state index contributed by atoms with van der Waals surface area (Å²) in [5, 5.41) is 12.8. The molecule has 23 heavy (non-hydrogen) atoms. The van der Waals surface area contributed by atoms with Crippen molar-refractivity contribution in [1.29, 1.82) is 0 Å². The Bertz CT molecular complexity index is 543. The van der Waals surface area contributed by atoms with E-state index in [-0.39, 0.29) is 30.7 Å². The highest BCUT2D eigenvalue weighted by atomic mass is 19.1. The molecule has 1 aliphatic carbocycles. The van der Waals surface area contributed by atoms with Gasteiger partial charge < -0.3 is 15.2 Å². The molecule has 1 atom stereocenters. The van der Waals surface area contributed by atoms with Crippen molar-refractivity contribution in [2.45, 2.75) is 50.7 Å². The van der Waals surface area contributed by atoms with Crippen molar-refractivity contribution >= 4 is 5.91 Å². The summed E-state index contributed by atoms with van der Waals surface area (Å²) in [5.74, 6) is -1.92. The number of hydrogen-bond acceptors (Lipinski definition) is 3. The van der Waals surface area contributed by atoms with Gasteiger partial charge >= 0.3 is 0 Å². The van der Waals surface area contributed by atoms with Gasteiger partial charge in [-0.25, -0.2) is 8.78 Å². The Morgan fingerprint density at radius 1 is 1.35 bits per heavy atom. The van der Waals surface area contributed by atoms with Gasteiger partial charge in [-0.3, -0.25) is 4.79 Å². The zero-order chi connectivity index (χ0) is 16.9. The molecule has 0 aromatic heterocycles. The molecular formula is C17H23F2NO3. The van der Waals surface area contributed by atoms with Crippen molar-refractivity contribution in [2.24, 2.45) is 0 Å². The SMILES string of the molecule is CC(O)(CNC(=O)COC1CCCCC1)c1ccc(F)cc1F. The fourth-order valence-electron chi connectivity index (χ4n) is 2.77. The minimum atomic E-state index is -1.63. The van der Waals surface area contributed by atoms with Crippen molar-refractivity contribution in [2.75, 3.05) is 13.2 Å². The number of halogens is 2. The molecule has 1 aliphatic rings. The van der Waals surface area contributed by atoms with Crippen LogP contribution in [0.25, 0.3) is 0 Å². The quantitative estimate of drug-likeness (QED) is 0.844. The van der Waals surface area contributed by atoms with Crippen LogP contribution in [0.15, 0.2) is 18.2 Å². The summed E-state index contributed by atoms with van der Waals surface area (Å²) >= 11 is 0. The normalized spacial score (nSPS) is 18.4. The predicted molar refractivity (Wildman–Crippen MR) is 81.8 cm³/mol. The monoisotopic (exact) mass is 327 g/mol. The molecule has 1 fully saturated rings. The number of ether oxygens (including phenoxy) is 1. The van der Waals surface area contributed by atoms with Gasteiger partial charge in [0.2, 0.25) is 5.91 Å². The highest BCUT2D eigenvalue weighted by molar-refractivity contribution is 5.77. The third-order valence-electron chi connectivity index (χ3n) is 4.14. The van der Waals surface area contributed by atoms with Crippen LogP contribution in [0.3, 0.4) is 0 Å². The Hall–Kier alpha value is -1.53. The molecule has 1 amide bonds. The maximum absolute atomic E-state index is 13.7. The molecule has 2 rings (SSSR count). The average molecular weight is 327 g/mol. The number of amides is 1. The second kappa shape index (κ2) is 7.84. The molecule has 1 aromatic rings. The summed E-state index contributed by atoms with van der Waals surface area (Å²) in [4.78, 5) is 11.8. The summed E-state index contributed by atoms with van der Waals surface area (Å²) in [7, 11) is 0. The second-order valence-electron chi connectivity index (χ2n) is 6.25. The van der Waals surface area contributed by atoms with Gasteiger partial charge in [-0.1, -0.05) is 25.3 Å². The van der Waals surface area contributed by atoms with E-state index < -0.39 is 17.2 Å². The molecule has 0 saturated heterocycles. The minimum Gasteiger partial charge on any atom is -0.383 e. The molecule has 0 bridgehead atoms. The van der Waals surface area contributed by atoms with E-state index in [1.54, 1.807) is 0 Å². The number of rotatable bonds is 6. The smallest absolute Gasteiger partial charge is 0.246 e. The standard InChI is InChI=1S/C17H23F2NO3/c1-17(22,14-8-7-12(18)9-15(14)19)11-20-16(21)10-23-13-5-3-2-4-6-13/h7-9,13,22H,2-6,10-11H2,1H3,(H,20,21). The Morgan fingerprint density at radius 3 is 2.70 bits per heavy atom. The molecule has 4 nitrogen and oxygen atoms in total. The fourth-order valence-corrected chi connectivity index (χ4v) is 2.77. The third kappa shape index (κ3) is 5.25. The van der Waals surface area contributed by atoms with E-state index in [2.05, 4.69) is 5.32 Å². The highest BCUT2D eigenvalue weighted by Gasteiger charge is 2.27. The van der Waals surface area contributed by atoms with Gasteiger partial charge in [0.15, 0.2) is 0 Å². The van der Waals surface area contributed by atoms with Gasteiger partial charge in [-0.05, 0) is 25.8 Å². The number of carbonyl (C=O) groups excluding carboxylic acids is 1. The largest absolute Gasteiger partial charge is 0.383 e. The molecule has 1 unspecified atom stereocenters. The van der Waals surface area contributed by atoms with E-state index in [0.29, 0.717) is 6.07 Å². The maximum atomic E-state index is 13.7. The maximum Gasteiger partial charge on any atom is 0.246 e. The van der Waals surface area contributed by atoms with Gasteiger partial charge in [0.05, 0.1) is 12.6 Å². The van der Waals surface area contributed by atoms with Crippen LogP contribution in [0.2, 0.25) is 0 Å². The Balaban J connectivity index is 1.82. The molecule has 128 valence electrons. The summed E-state index contributed by atoms with van der Waals surface area (Å²) in [6.45, 7) is 1.11. The van der Waals surface area contributed by atoms with Crippen LogP contribution >= 0.6 is 0 Å². The van der Waals surface area contributed by atoms with E-state index in [1.165, 1.54) is 19.4 Å². The van der Waals surface area contributed by atoms with Gasteiger partial charge in [-0.15, -0.1) is 0 Å². The lowest BCUT2D eigenvalue weighted by molar-refractivity contribution is -0.129. The van der Waals surface area contributed by atoms with Crippen molar-refractivity contribution in [3.8, 4) is 0 Å². The third-order valence-corrected chi connectivity index (χ3v) is 4.14. The van der Waals surface area contributed by atoms with Crippen molar-refractivity contribution < 1.29 is 23.4 Å². The van der Waals surface area contributed by atoms with E-state index in [1.807, 2.05) is 0 Å². The number of carbonyl (C=O) groups is 1. The minimum absolute atomic E-state index is 0.0626. The predicted octanol–water partition coefficient (Wildman–Crippen LogP) is 2.64. The number of benzene rings is 1.